The van der Waals surface area contributed by atoms with Gasteiger partial charge in [-0.05, 0) is 18.9 Å². The third kappa shape index (κ3) is 3.96. The summed E-state index contributed by atoms with van der Waals surface area (Å²) in [7, 11) is 0. The van der Waals surface area contributed by atoms with Gasteiger partial charge in [0.25, 0.3) is 0 Å². The van der Waals surface area contributed by atoms with Crippen LogP contribution in [-0.2, 0) is 10.5 Å². The first-order chi connectivity index (χ1) is 7.13. The highest BCUT2D eigenvalue weighted by atomic mass is 32.2. The van der Waals surface area contributed by atoms with Gasteiger partial charge in [-0.15, -0.1) is 11.8 Å². The maximum absolute atomic E-state index is 11.0. The number of amides is 1. The van der Waals surface area contributed by atoms with Crippen LogP contribution in [0.15, 0.2) is 24.3 Å². The molecule has 1 rings (SSSR count). The Balaban J connectivity index is 2.52. The Morgan fingerprint density at radius 3 is 2.80 bits per heavy atom. The number of carbonyl (C=O) groups excluding carboxylic acids is 1. The van der Waals surface area contributed by atoms with Crippen molar-refractivity contribution in [2.24, 2.45) is 5.73 Å². The van der Waals surface area contributed by atoms with Gasteiger partial charge in [0.05, 0.1) is 5.25 Å². The van der Waals surface area contributed by atoms with Gasteiger partial charge in [-0.1, -0.05) is 36.8 Å². The van der Waals surface area contributed by atoms with E-state index in [0.29, 0.717) is 0 Å². The highest BCUT2D eigenvalue weighted by molar-refractivity contribution is 7.99. The minimum atomic E-state index is -0.213. The number of primary amides is 1. The zero-order valence-corrected chi connectivity index (χ0v) is 10.0. The molecule has 0 spiro atoms. The predicted molar refractivity (Wildman–Crippen MR) is 65.7 cm³/mol. The fourth-order valence-electron chi connectivity index (χ4n) is 1.40. The molecule has 1 atom stereocenters. The molecule has 82 valence electrons. The summed E-state index contributed by atoms with van der Waals surface area (Å²) in [4.78, 5) is 11.0. The van der Waals surface area contributed by atoms with Crippen molar-refractivity contribution in [1.29, 1.82) is 0 Å². The minimum absolute atomic E-state index is 0.0643. The van der Waals surface area contributed by atoms with E-state index in [2.05, 4.69) is 25.1 Å². The third-order valence-electron chi connectivity index (χ3n) is 2.22. The summed E-state index contributed by atoms with van der Waals surface area (Å²) in [5.41, 5.74) is 7.78. The van der Waals surface area contributed by atoms with Crippen LogP contribution in [0.5, 0.6) is 0 Å². The quantitative estimate of drug-likeness (QED) is 0.833. The molecule has 1 aromatic carbocycles. The lowest BCUT2D eigenvalue weighted by molar-refractivity contribution is -0.117. The van der Waals surface area contributed by atoms with E-state index >= 15 is 0 Å². The van der Waals surface area contributed by atoms with Gasteiger partial charge < -0.3 is 5.73 Å². The van der Waals surface area contributed by atoms with Crippen molar-refractivity contribution < 1.29 is 4.79 Å². The zero-order valence-electron chi connectivity index (χ0n) is 9.19. The number of benzene rings is 1. The number of thioether (sulfide) groups is 1. The second-order valence-electron chi connectivity index (χ2n) is 3.60. The zero-order chi connectivity index (χ0) is 11.3. The van der Waals surface area contributed by atoms with Crippen LogP contribution < -0.4 is 5.73 Å². The smallest absolute Gasteiger partial charge is 0.230 e. The molecule has 3 heteroatoms. The Hall–Kier alpha value is -0.960. The van der Waals surface area contributed by atoms with Crippen molar-refractivity contribution in [2.45, 2.75) is 31.3 Å². The highest BCUT2D eigenvalue weighted by Crippen LogP contribution is 2.20. The molecule has 1 amide bonds. The van der Waals surface area contributed by atoms with E-state index in [1.54, 1.807) is 11.8 Å². The molecule has 0 aliphatic carbocycles. The molecule has 2 N–H and O–H groups in total. The summed E-state index contributed by atoms with van der Waals surface area (Å²) in [5.74, 6) is 0.638. The maximum atomic E-state index is 11.0. The minimum Gasteiger partial charge on any atom is -0.369 e. The Morgan fingerprint density at radius 1 is 1.53 bits per heavy atom. The van der Waals surface area contributed by atoms with Crippen LogP contribution in [0.2, 0.25) is 0 Å². The molecule has 1 unspecified atom stereocenters. The van der Waals surface area contributed by atoms with Crippen LogP contribution in [0.1, 0.15) is 24.5 Å². The Bertz CT molecular complexity index is 338. The van der Waals surface area contributed by atoms with Crippen LogP contribution in [0.4, 0.5) is 0 Å². The fraction of sp³-hybridized carbons (Fsp3) is 0.417. The van der Waals surface area contributed by atoms with E-state index in [-0.39, 0.29) is 11.2 Å². The second kappa shape index (κ2) is 5.81. The first-order valence-corrected chi connectivity index (χ1v) is 6.14. The van der Waals surface area contributed by atoms with Crippen molar-refractivity contribution in [1.82, 2.24) is 0 Å². The van der Waals surface area contributed by atoms with Gasteiger partial charge in [0.1, 0.15) is 0 Å². The third-order valence-corrected chi connectivity index (χ3v) is 3.69. The topological polar surface area (TPSA) is 43.1 Å². The van der Waals surface area contributed by atoms with Gasteiger partial charge in [-0.25, -0.2) is 0 Å². The predicted octanol–water partition coefficient (Wildman–Crippen LogP) is 2.49. The van der Waals surface area contributed by atoms with Crippen LogP contribution in [0.3, 0.4) is 0 Å². The lowest BCUT2D eigenvalue weighted by atomic mass is 10.2. The average molecular weight is 223 g/mol. The summed E-state index contributed by atoms with van der Waals surface area (Å²) in [6.45, 7) is 4.05. The Kier molecular flexibility index (Phi) is 4.69. The van der Waals surface area contributed by atoms with Crippen LogP contribution in [0, 0.1) is 6.92 Å². The van der Waals surface area contributed by atoms with E-state index in [1.807, 2.05) is 13.0 Å². The van der Waals surface area contributed by atoms with Gasteiger partial charge >= 0.3 is 0 Å². The Labute approximate surface area is 95.2 Å². The molecule has 0 radical (unpaired) electrons. The molecule has 0 aliphatic heterocycles. The fourth-order valence-corrected chi connectivity index (χ4v) is 2.37. The number of nitrogens with two attached hydrogens (primary N) is 1. The average Bonchev–Trinajstić information content (AvgIpc) is 2.18. The number of hydrogen-bond donors (Lipinski definition) is 1. The van der Waals surface area contributed by atoms with Gasteiger partial charge in [0.15, 0.2) is 0 Å². The Morgan fingerprint density at radius 2 is 2.27 bits per heavy atom. The van der Waals surface area contributed by atoms with Crippen molar-refractivity contribution in [2.75, 3.05) is 0 Å². The SMILES string of the molecule is CCC(SCc1cccc(C)c1)C(N)=O. The summed E-state index contributed by atoms with van der Waals surface area (Å²) >= 11 is 1.62. The summed E-state index contributed by atoms with van der Waals surface area (Å²) in [6, 6.07) is 8.32. The monoisotopic (exact) mass is 223 g/mol. The van der Waals surface area contributed by atoms with Gasteiger partial charge in [-0.3, -0.25) is 4.79 Å². The summed E-state index contributed by atoms with van der Waals surface area (Å²) in [5, 5.41) is -0.0643. The van der Waals surface area contributed by atoms with E-state index in [0.717, 1.165) is 12.2 Å². The molecule has 0 saturated heterocycles. The molecule has 15 heavy (non-hydrogen) atoms. The number of carbonyl (C=O) groups is 1. The first-order valence-electron chi connectivity index (χ1n) is 5.10. The maximum Gasteiger partial charge on any atom is 0.230 e. The van der Waals surface area contributed by atoms with E-state index in [9.17, 15) is 4.79 Å². The van der Waals surface area contributed by atoms with Crippen molar-refractivity contribution in [3.63, 3.8) is 0 Å². The first kappa shape index (κ1) is 12.1. The van der Waals surface area contributed by atoms with Gasteiger partial charge in [0, 0.05) is 5.75 Å². The summed E-state index contributed by atoms with van der Waals surface area (Å²) in [6.07, 6.45) is 0.797. The lowest BCUT2D eigenvalue weighted by Gasteiger charge is -2.10. The highest BCUT2D eigenvalue weighted by Gasteiger charge is 2.12. The van der Waals surface area contributed by atoms with Crippen LogP contribution >= 0.6 is 11.8 Å². The number of aryl methyl sites for hydroxylation is 1. The molecule has 0 heterocycles. The molecule has 0 fully saturated rings. The molecule has 0 aliphatic rings. The van der Waals surface area contributed by atoms with E-state index in [1.165, 1.54) is 11.1 Å². The van der Waals surface area contributed by atoms with Crippen LogP contribution in [-0.4, -0.2) is 11.2 Å². The van der Waals surface area contributed by atoms with Crippen molar-refractivity contribution >= 4 is 17.7 Å². The number of hydrogen-bond acceptors (Lipinski definition) is 2. The lowest BCUT2D eigenvalue weighted by Crippen LogP contribution is -2.25. The molecular formula is C12H17NOS. The molecule has 0 aromatic heterocycles. The normalized spacial score (nSPS) is 12.4. The molecule has 0 bridgehead atoms. The van der Waals surface area contributed by atoms with E-state index in [4.69, 9.17) is 5.73 Å². The van der Waals surface area contributed by atoms with E-state index < -0.39 is 0 Å². The molecule has 2 nitrogen and oxygen atoms in total. The summed E-state index contributed by atoms with van der Waals surface area (Å²) < 4.78 is 0. The molecular weight excluding hydrogens is 206 g/mol. The van der Waals surface area contributed by atoms with Gasteiger partial charge in [-0.2, -0.15) is 0 Å². The van der Waals surface area contributed by atoms with Gasteiger partial charge in [0.2, 0.25) is 5.91 Å². The standard InChI is InChI=1S/C12H17NOS/c1-3-11(12(13)14)15-8-10-6-4-5-9(2)7-10/h4-7,11H,3,8H2,1-2H3,(H2,13,14). The largest absolute Gasteiger partial charge is 0.369 e. The van der Waals surface area contributed by atoms with Crippen molar-refractivity contribution in [3.05, 3.63) is 35.4 Å². The number of rotatable bonds is 5. The molecule has 1 aromatic rings. The van der Waals surface area contributed by atoms with Crippen molar-refractivity contribution in [3.8, 4) is 0 Å². The second-order valence-corrected chi connectivity index (χ2v) is 4.79. The van der Waals surface area contributed by atoms with Crippen LogP contribution in [0.25, 0.3) is 0 Å². The molecule has 0 saturated carbocycles.